The first-order valence-corrected chi connectivity index (χ1v) is 8.47. The van der Waals surface area contributed by atoms with Crippen molar-refractivity contribution >= 4 is 11.9 Å². The van der Waals surface area contributed by atoms with E-state index in [4.69, 9.17) is 14.2 Å². The Hall–Kier alpha value is -1.92. The van der Waals surface area contributed by atoms with Gasteiger partial charge in [0.2, 0.25) is 5.79 Å². The number of hydrogen-bond acceptors (Lipinski definition) is 6. The van der Waals surface area contributed by atoms with Crippen LogP contribution in [0.2, 0.25) is 0 Å². The van der Waals surface area contributed by atoms with E-state index in [0.29, 0.717) is 5.57 Å². The van der Waals surface area contributed by atoms with Gasteiger partial charge < -0.3 is 19.3 Å². The van der Waals surface area contributed by atoms with Crippen LogP contribution in [0.3, 0.4) is 0 Å². The zero-order valence-electron chi connectivity index (χ0n) is 14.9. The number of ether oxygens (including phenoxy) is 3. The molecular formula is C19H24O6. The Kier molecular flexibility index (Phi) is 4.16. The second-order valence-corrected chi connectivity index (χ2v) is 7.55. The topological polar surface area (TPSA) is 82.1 Å². The lowest BCUT2D eigenvalue weighted by Crippen LogP contribution is -2.41. The number of aliphatic hydroxyl groups is 1. The summed E-state index contributed by atoms with van der Waals surface area (Å²) in [6, 6.07) is 0. The summed E-state index contributed by atoms with van der Waals surface area (Å²) in [4.78, 5) is 24.3. The summed E-state index contributed by atoms with van der Waals surface area (Å²) in [7, 11) is 0. The minimum Gasteiger partial charge on any atom is -0.461 e. The first-order valence-electron chi connectivity index (χ1n) is 8.47. The SMILES string of the molecule is C=C1C(=O)O[C@@H]2/C=C(\C)[C@@]3(O)C=C[C@@](C)(C[C@@H](OC(=O)C(C)C)[C@@H]12)O3. The van der Waals surface area contributed by atoms with Gasteiger partial charge in [-0.25, -0.2) is 4.79 Å². The van der Waals surface area contributed by atoms with Crippen molar-refractivity contribution in [1.82, 2.24) is 0 Å². The Morgan fingerprint density at radius 1 is 1.44 bits per heavy atom. The van der Waals surface area contributed by atoms with Crippen LogP contribution in [0.1, 0.15) is 34.1 Å². The second-order valence-electron chi connectivity index (χ2n) is 7.55. The minimum absolute atomic E-state index is 0.271. The lowest BCUT2D eigenvalue weighted by Gasteiger charge is -2.33. The lowest BCUT2D eigenvalue weighted by molar-refractivity contribution is -0.190. The molecule has 6 heteroatoms. The Labute approximate surface area is 147 Å². The van der Waals surface area contributed by atoms with Crippen molar-refractivity contribution in [3.05, 3.63) is 36.0 Å². The third-order valence-corrected chi connectivity index (χ3v) is 5.04. The average Bonchev–Trinajstić information content (AvgIpc) is 2.97. The Morgan fingerprint density at radius 3 is 2.76 bits per heavy atom. The largest absolute Gasteiger partial charge is 0.461 e. The molecule has 3 aliphatic rings. The van der Waals surface area contributed by atoms with Gasteiger partial charge in [-0.05, 0) is 31.6 Å². The van der Waals surface area contributed by atoms with Crippen LogP contribution in [0.15, 0.2) is 36.0 Å². The standard InChI is InChI=1S/C19H24O6/c1-10(2)16(20)24-14-9-18(5)6-7-19(22,25-18)11(3)8-13-15(14)12(4)17(21)23-13/h6-8,10,13-15,22H,4,9H2,1-3,5H3/b11-8+/t13-,14-,15+,18+,19-/m1/s1. The van der Waals surface area contributed by atoms with Crippen LogP contribution in [0.25, 0.3) is 0 Å². The minimum atomic E-state index is -1.56. The molecule has 1 N–H and O–H groups in total. The normalized spacial score (nSPS) is 42.2. The molecule has 0 radical (unpaired) electrons. The zero-order valence-corrected chi connectivity index (χ0v) is 14.9. The zero-order chi connectivity index (χ0) is 18.6. The quantitative estimate of drug-likeness (QED) is 0.467. The van der Waals surface area contributed by atoms with E-state index in [1.807, 2.05) is 6.92 Å². The van der Waals surface area contributed by atoms with Gasteiger partial charge >= 0.3 is 11.9 Å². The summed E-state index contributed by atoms with van der Waals surface area (Å²) < 4.78 is 17.0. The number of rotatable bonds is 2. The molecule has 0 saturated carbocycles. The van der Waals surface area contributed by atoms with E-state index < -0.39 is 35.5 Å². The molecule has 3 aliphatic heterocycles. The molecule has 25 heavy (non-hydrogen) atoms. The van der Waals surface area contributed by atoms with Crippen molar-refractivity contribution in [2.75, 3.05) is 0 Å². The van der Waals surface area contributed by atoms with Gasteiger partial charge in [0.1, 0.15) is 12.2 Å². The smallest absolute Gasteiger partial charge is 0.334 e. The summed E-state index contributed by atoms with van der Waals surface area (Å²) in [5, 5.41) is 10.7. The first kappa shape index (κ1) is 17.9. The molecule has 3 heterocycles. The van der Waals surface area contributed by atoms with Gasteiger partial charge in [-0.1, -0.05) is 26.5 Å². The molecular weight excluding hydrogens is 324 g/mol. The number of carbonyl (C=O) groups is 2. The Bertz CT molecular complexity index is 690. The Morgan fingerprint density at radius 2 is 2.12 bits per heavy atom. The third kappa shape index (κ3) is 3.04. The predicted molar refractivity (Wildman–Crippen MR) is 89.2 cm³/mol. The second kappa shape index (κ2) is 5.81. The van der Waals surface area contributed by atoms with Crippen molar-refractivity contribution in [2.45, 2.75) is 57.7 Å². The van der Waals surface area contributed by atoms with Gasteiger partial charge in [0.05, 0.1) is 17.4 Å². The number of hydrogen-bond donors (Lipinski definition) is 1. The lowest BCUT2D eigenvalue weighted by atomic mass is 9.83. The molecule has 0 aliphatic carbocycles. The van der Waals surface area contributed by atoms with Crippen molar-refractivity contribution in [3.8, 4) is 0 Å². The molecule has 0 aromatic carbocycles. The fourth-order valence-corrected chi connectivity index (χ4v) is 3.51. The van der Waals surface area contributed by atoms with E-state index in [0.717, 1.165) is 0 Å². The maximum Gasteiger partial charge on any atom is 0.334 e. The summed E-state index contributed by atoms with van der Waals surface area (Å²) in [5.41, 5.74) is -0.0548. The number of carbonyl (C=O) groups excluding carboxylic acids is 2. The third-order valence-electron chi connectivity index (χ3n) is 5.04. The fraction of sp³-hybridized carbons (Fsp3) is 0.579. The molecule has 136 valence electrons. The van der Waals surface area contributed by atoms with Crippen molar-refractivity contribution < 1.29 is 28.9 Å². The molecule has 3 rings (SSSR count). The van der Waals surface area contributed by atoms with E-state index >= 15 is 0 Å². The molecule has 0 aromatic rings. The van der Waals surface area contributed by atoms with E-state index in [2.05, 4.69) is 6.58 Å². The molecule has 0 spiro atoms. The molecule has 0 aromatic heterocycles. The van der Waals surface area contributed by atoms with Gasteiger partial charge in [-0.15, -0.1) is 0 Å². The van der Waals surface area contributed by atoms with Gasteiger partial charge in [-0.2, -0.15) is 0 Å². The Balaban J connectivity index is 2.04. The maximum atomic E-state index is 12.2. The summed E-state index contributed by atoms with van der Waals surface area (Å²) in [6.07, 6.45) is 3.96. The van der Waals surface area contributed by atoms with Crippen molar-refractivity contribution in [3.63, 3.8) is 0 Å². The summed E-state index contributed by atoms with van der Waals surface area (Å²) in [5.74, 6) is -3.26. The predicted octanol–water partition coefficient (Wildman–Crippen LogP) is 2.04. The van der Waals surface area contributed by atoms with Crippen LogP contribution in [0, 0.1) is 11.8 Å². The highest BCUT2D eigenvalue weighted by Crippen LogP contribution is 2.44. The van der Waals surface area contributed by atoms with Crippen LogP contribution >= 0.6 is 0 Å². The van der Waals surface area contributed by atoms with Gasteiger partial charge in [0, 0.05) is 12.0 Å². The van der Waals surface area contributed by atoms with Crippen LogP contribution < -0.4 is 0 Å². The first-order chi connectivity index (χ1) is 11.5. The molecule has 6 nitrogen and oxygen atoms in total. The van der Waals surface area contributed by atoms with E-state index in [1.165, 1.54) is 0 Å². The number of fused-ring (bicyclic) bond motifs is 3. The van der Waals surface area contributed by atoms with Crippen molar-refractivity contribution in [1.29, 1.82) is 0 Å². The molecule has 5 atom stereocenters. The van der Waals surface area contributed by atoms with Crippen LogP contribution in [-0.2, 0) is 23.8 Å². The van der Waals surface area contributed by atoms with E-state index in [9.17, 15) is 14.7 Å². The monoisotopic (exact) mass is 348 g/mol. The average molecular weight is 348 g/mol. The summed E-state index contributed by atoms with van der Waals surface area (Å²) >= 11 is 0. The molecule has 0 amide bonds. The molecule has 0 unspecified atom stereocenters. The van der Waals surface area contributed by atoms with E-state index in [1.54, 1.807) is 39.0 Å². The van der Waals surface area contributed by atoms with E-state index in [-0.39, 0.29) is 23.9 Å². The van der Waals surface area contributed by atoms with Crippen LogP contribution in [-0.4, -0.2) is 40.6 Å². The van der Waals surface area contributed by atoms with Gasteiger partial charge in [-0.3, -0.25) is 4.79 Å². The van der Waals surface area contributed by atoms with Gasteiger partial charge in [0.25, 0.3) is 0 Å². The summed E-state index contributed by atoms with van der Waals surface area (Å²) in [6.45, 7) is 10.9. The van der Waals surface area contributed by atoms with Gasteiger partial charge in [0.15, 0.2) is 0 Å². The highest BCUT2D eigenvalue weighted by Gasteiger charge is 2.52. The van der Waals surface area contributed by atoms with Crippen LogP contribution in [0.4, 0.5) is 0 Å². The highest BCUT2D eigenvalue weighted by molar-refractivity contribution is 5.91. The highest BCUT2D eigenvalue weighted by atomic mass is 16.6. The molecule has 1 saturated heterocycles. The number of esters is 2. The molecule has 1 fully saturated rings. The van der Waals surface area contributed by atoms with Crippen LogP contribution in [0.5, 0.6) is 0 Å². The molecule has 2 bridgehead atoms. The maximum absolute atomic E-state index is 12.2. The van der Waals surface area contributed by atoms with Crippen molar-refractivity contribution in [2.24, 2.45) is 11.8 Å². The fourth-order valence-electron chi connectivity index (χ4n) is 3.51.